The number of aromatic nitrogens is 5. The monoisotopic (exact) mass is 1060 g/mol. The molecule has 8 aromatic rings. The summed E-state index contributed by atoms with van der Waals surface area (Å²) in [7, 11) is 0. The van der Waals surface area contributed by atoms with Crippen LogP contribution in [-0.4, -0.2) is 37.8 Å². The molecule has 3 aromatic carbocycles. The number of nitrogens with zero attached hydrogens (tertiary/aromatic N) is 5. The first-order valence-electron chi connectivity index (χ1n) is 22.2. The summed E-state index contributed by atoms with van der Waals surface area (Å²) in [6.45, 7) is 17.1. The second-order valence-corrected chi connectivity index (χ2v) is 30.7. The van der Waals surface area contributed by atoms with Crippen LogP contribution in [0, 0.1) is 64.5 Å². The van der Waals surface area contributed by atoms with Crippen molar-refractivity contribution in [1.29, 1.82) is 0 Å². The number of hydrogen-bond donors (Lipinski definition) is 0. The van der Waals surface area contributed by atoms with Crippen LogP contribution in [0.3, 0.4) is 0 Å². The molecule has 0 aliphatic heterocycles. The second kappa shape index (κ2) is 16.9. The maximum atomic E-state index is 6.53. The number of benzene rings is 3. The van der Waals surface area contributed by atoms with Crippen LogP contribution >= 0.6 is 0 Å². The molecular formula is C54H59GeIrN5O-2. The first-order chi connectivity index (χ1) is 29.0. The zero-order valence-corrected chi connectivity index (χ0v) is 42.7. The van der Waals surface area contributed by atoms with Gasteiger partial charge in [-0.05, 0) is 57.0 Å². The number of fused-ring (bicyclic) bond motifs is 6. The number of rotatable bonds is 6. The SMILES string of the molecule is Cc1cc(C)c(-n2c(-c3[c-]cc(C)c4c3oc3nc(C(C)(C)C)ccc34)nc3cnc(C)cc32)c(C)c1.[CH3][Ge]([CH3])([CH3])[c]1cnc(-c2[c-]cccc2)cc1CC1CC2CCC1C2.[Ir]. The fraction of sp³-hybridized carbons (Fsp3) is 0.370. The van der Waals surface area contributed by atoms with Gasteiger partial charge in [-0.15, -0.1) is 17.7 Å². The van der Waals surface area contributed by atoms with E-state index in [1.807, 2.05) is 31.3 Å². The number of hydrogen-bond acceptors (Lipinski definition) is 5. The Hall–Kier alpha value is -4.43. The third kappa shape index (κ3) is 8.38. The third-order valence-corrected chi connectivity index (χ3v) is 17.6. The second-order valence-electron chi connectivity index (χ2n) is 20.2. The van der Waals surface area contributed by atoms with Gasteiger partial charge in [0.05, 0.1) is 28.6 Å². The zero-order valence-electron chi connectivity index (χ0n) is 38.3. The Balaban J connectivity index is 0.000000183. The van der Waals surface area contributed by atoms with Gasteiger partial charge in [0.25, 0.3) is 0 Å². The van der Waals surface area contributed by atoms with Crippen LogP contribution in [-0.2, 0) is 31.9 Å². The van der Waals surface area contributed by atoms with Gasteiger partial charge in [-0.3, -0.25) is 9.97 Å². The smallest absolute Gasteiger partial charge is 0 e. The summed E-state index contributed by atoms with van der Waals surface area (Å²) in [6.07, 6.45) is 11.3. The van der Waals surface area contributed by atoms with E-state index in [4.69, 9.17) is 19.4 Å². The molecule has 62 heavy (non-hydrogen) atoms. The molecule has 5 heterocycles. The van der Waals surface area contributed by atoms with Gasteiger partial charge in [-0.1, -0.05) is 56.3 Å². The Kier molecular flexibility index (Phi) is 12.1. The van der Waals surface area contributed by atoms with Gasteiger partial charge in [-0.25, -0.2) is 4.98 Å². The fourth-order valence-corrected chi connectivity index (χ4v) is 13.7. The van der Waals surface area contributed by atoms with Crippen molar-refractivity contribution in [2.75, 3.05) is 0 Å². The van der Waals surface area contributed by atoms with Crippen molar-refractivity contribution in [2.24, 2.45) is 17.8 Å². The van der Waals surface area contributed by atoms with E-state index in [0.717, 1.165) is 90.4 Å². The predicted octanol–water partition coefficient (Wildman–Crippen LogP) is 13.1. The van der Waals surface area contributed by atoms with Crippen molar-refractivity contribution in [3.8, 4) is 28.3 Å². The summed E-state index contributed by atoms with van der Waals surface area (Å²) in [6, 6.07) is 30.3. The summed E-state index contributed by atoms with van der Waals surface area (Å²) >= 11 is -1.90. The Morgan fingerprint density at radius 2 is 1.61 bits per heavy atom. The minimum atomic E-state index is -1.90. The van der Waals surface area contributed by atoms with Crippen LogP contribution in [0.2, 0.25) is 17.3 Å². The van der Waals surface area contributed by atoms with Crippen LogP contribution < -0.4 is 4.40 Å². The van der Waals surface area contributed by atoms with E-state index >= 15 is 0 Å². The maximum absolute atomic E-state index is 6.53. The van der Waals surface area contributed by atoms with Gasteiger partial charge in [0, 0.05) is 48.0 Å². The van der Waals surface area contributed by atoms with Gasteiger partial charge < -0.3 is 8.98 Å². The molecule has 2 saturated carbocycles. The first kappa shape index (κ1) is 44.2. The Bertz CT molecular complexity index is 2930. The molecule has 0 amide bonds. The molecule has 2 fully saturated rings. The van der Waals surface area contributed by atoms with E-state index < -0.39 is 13.3 Å². The topological polar surface area (TPSA) is 69.6 Å². The van der Waals surface area contributed by atoms with Crippen LogP contribution in [0.4, 0.5) is 0 Å². The quantitative estimate of drug-likeness (QED) is 0.123. The minimum absolute atomic E-state index is 0. The first-order valence-corrected chi connectivity index (χ1v) is 29.5. The van der Waals surface area contributed by atoms with Gasteiger partial charge in [0.15, 0.2) is 0 Å². The molecule has 321 valence electrons. The van der Waals surface area contributed by atoms with Gasteiger partial charge in [0.2, 0.25) is 5.71 Å². The van der Waals surface area contributed by atoms with E-state index in [1.54, 1.807) is 9.96 Å². The molecule has 6 nitrogen and oxygen atoms in total. The molecule has 3 unspecified atom stereocenters. The van der Waals surface area contributed by atoms with Crippen molar-refractivity contribution < 1.29 is 24.5 Å². The summed E-state index contributed by atoms with van der Waals surface area (Å²) in [5, 5.41) is 2.07. The van der Waals surface area contributed by atoms with E-state index in [9.17, 15) is 0 Å². The molecule has 0 N–H and O–H groups in total. The van der Waals surface area contributed by atoms with Crippen molar-refractivity contribution >= 4 is 50.8 Å². The molecule has 5 aromatic heterocycles. The number of imidazole rings is 1. The largest absolute Gasteiger partial charge is 0 e. The number of furan rings is 1. The van der Waals surface area contributed by atoms with Gasteiger partial charge in [0.1, 0.15) is 0 Å². The Morgan fingerprint density at radius 1 is 0.839 bits per heavy atom. The number of pyridine rings is 3. The standard InChI is InChI=1S/C32H31N4O.C22H28GeN.Ir/c1-17-13-19(3)28(20(4)14-17)36-25-15-21(5)33-16-24(25)34-30(36)23-10-9-18(2)27-22-11-12-26(32(6,7)8)35-31(22)37-29(23)27;1-23(2,3)21-15-24-22(17-7-5-4-6-8-17)14-20(21)13-19-12-16-9-10-18(19)11-16;/h9,11-16H,1-8H3;4-7,14-16,18-19H,9-13H2,1-3H3;/q2*-1;. The van der Waals surface area contributed by atoms with Crippen LogP contribution in [0.1, 0.15) is 85.7 Å². The zero-order chi connectivity index (χ0) is 43.0. The maximum Gasteiger partial charge on any atom is 0 e. The Morgan fingerprint density at radius 3 is 2.27 bits per heavy atom. The van der Waals surface area contributed by atoms with Crippen molar-refractivity contribution in [1.82, 2.24) is 24.5 Å². The van der Waals surface area contributed by atoms with E-state index in [1.165, 1.54) is 48.8 Å². The number of aryl methyl sites for hydroxylation is 5. The van der Waals surface area contributed by atoms with E-state index in [0.29, 0.717) is 5.71 Å². The van der Waals surface area contributed by atoms with Crippen LogP contribution in [0.5, 0.6) is 0 Å². The van der Waals surface area contributed by atoms with E-state index in [-0.39, 0.29) is 25.5 Å². The summed E-state index contributed by atoms with van der Waals surface area (Å²) in [5.41, 5.74) is 15.6. The minimum Gasteiger partial charge on any atom is 0 e. The van der Waals surface area contributed by atoms with Crippen molar-refractivity contribution in [2.45, 2.75) is 110 Å². The molecule has 10 rings (SSSR count). The molecule has 0 saturated heterocycles. The van der Waals surface area contributed by atoms with Crippen molar-refractivity contribution in [3.05, 3.63) is 130 Å². The molecular weight excluding hydrogens is 999 g/mol. The fourth-order valence-electron chi connectivity index (χ4n) is 10.4. The summed E-state index contributed by atoms with van der Waals surface area (Å²) in [4.78, 5) is 19.4. The van der Waals surface area contributed by atoms with Crippen LogP contribution in [0.25, 0.3) is 61.4 Å². The molecule has 2 aliphatic rings. The summed E-state index contributed by atoms with van der Waals surface area (Å²) in [5.74, 6) is 11.2. The van der Waals surface area contributed by atoms with Crippen molar-refractivity contribution in [3.63, 3.8) is 0 Å². The third-order valence-electron chi connectivity index (χ3n) is 13.3. The van der Waals surface area contributed by atoms with Gasteiger partial charge >= 0.3 is 149 Å². The predicted molar refractivity (Wildman–Crippen MR) is 255 cm³/mol. The Labute approximate surface area is 384 Å². The van der Waals surface area contributed by atoms with E-state index in [2.05, 4.69) is 142 Å². The molecule has 8 heteroatoms. The molecule has 0 spiro atoms. The summed E-state index contributed by atoms with van der Waals surface area (Å²) < 4.78 is 10.4. The normalized spacial score (nSPS) is 17.4. The van der Waals surface area contributed by atoms with Gasteiger partial charge in [-0.2, -0.15) is 0 Å². The molecule has 3 atom stereocenters. The molecule has 2 aliphatic carbocycles. The molecule has 2 bridgehead atoms. The molecule has 1 radical (unpaired) electrons. The average Bonchev–Trinajstić information content (AvgIpc) is 4.00. The average molecular weight is 1060 g/mol. The van der Waals surface area contributed by atoms with Crippen LogP contribution in [0.15, 0.2) is 83.5 Å².